The van der Waals surface area contributed by atoms with Crippen LogP contribution in [0.15, 0.2) is 212 Å². The smallest absolute Gasteiger partial charge is 0.269 e. The number of benzene rings is 8. The fourth-order valence-electron chi connectivity index (χ4n) is 8.01. The molecule has 11 rings (SSSR count). The summed E-state index contributed by atoms with van der Waals surface area (Å²) in [5.41, 5.74) is 6.14. The van der Waals surface area contributed by atoms with E-state index in [-0.39, 0.29) is 27.9 Å². The Bertz CT molecular complexity index is 3930. The van der Waals surface area contributed by atoms with Gasteiger partial charge in [0.15, 0.2) is 0 Å². The van der Waals surface area contributed by atoms with Crippen LogP contribution in [0.4, 0.5) is 0 Å². The first kappa shape index (κ1) is 25.5. The molecule has 3 aromatic heterocycles. The van der Waals surface area contributed by atoms with E-state index < -0.39 is 66.8 Å². The van der Waals surface area contributed by atoms with Gasteiger partial charge in [-0.2, -0.15) is 0 Å². The maximum Gasteiger partial charge on any atom is 0.269 e. The minimum absolute atomic E-state index is 0.141. The van der Waals surface area contributed by atoms with Crippen molar-refractivity contribution in [3.63, 3.8) is 0 Å². The summed E-state index contributed by atoms with van der Waals surface area (Å²) >= 11 is 0. The molecular weight excluding hydrogens is 745 g/mol. The molecule has 5 heteroatoms. The predicted octanol–water partition coefficient (Wildman–Crippen LogP) is 13.6. The maximum atomic E-state index is 9.02. The molecule has 0 spiro atoms. The molecule has 0 aliphatic rings. The molecular formula is C56H40N4O. The molecule has 3 heterocycles. The summed E-state index contributed by atoms with van der Waals surface area (Å²) in [5.74, 6) is 1.51. The molecule has 0 radical (unpaired) electrons. The largest absolute Gasteiger partial charge is 0.458 e. The SMILES string of the molecule is [2H]c1c([2H])c([2H])c(-c2cccc(-c3c([2H])c([2H])c([2H])c([2H])c3[2H])c2-[n+]2[c-]n(-c3cccc(Oc4ccc5c6cc(-c7ccccc7)ccc6n(-c6cc(C([2H])([2H])C)ccn6)c5c4)c3)c3ccccc32)c([2H])c1[2H]. The standard InChI is InChI=1S/C56H40N4O/c1-2-39-32-33-57-55(34-39)60-51-31-28-43(40-16-6-3-7-17-40)35-50(51)49-30-29-46(37-54(49)60)61-45-23-14-22-44(36-45)58-38-59(53-27-13-12-26-52(53)58)56-47(41-18-8-4-9-19-41)24-15-25-48(56)42-20-10-5-11-21-42/h3-37H,2H2,1H3/i2D2,4D,5D,8D,9D,10D,11D,18D,19D,20D,21D. The zero-order valence-corrected chi connectivity index (χ0v) is 32.6. The number of hydrogen-bond acceptors (Lipinski definition) is 2. The van der Waals surface area contributed by atoms with Crippen LogP contribution < -0.4 is 9.30 Å². The Kier molecular flexibility index (Phi) is 6.38. The number of nitrogens with zero attached hydrogens (tertiary/aromatic N) is 4. The van der Waals surface area contributed by atoms with Crippen molar-refractivity contribution in [1.29, 1.82) is 0 Å². The van der Waals surface area contributed by atoms with E-state index >= 15 is 0 Å². The average Bonchev–Trinajstić information content (AvgIpc) is 3.94. The van der Waals surface area contributed by atoms with Gasteiger partial charge in [0.25, 0.3) is 6.33 Å². The fraction of sp³-hybridized carbons (Fsp3) is 0.0357. The molecule has 61 heavy (non-hydrogen) atoms. The highest BCUT2D eigenvalue weighted by Crippen LogP contribution is 2.38. The summed E-state index contributed by atoms with van der Waals surface area (Å²) in [4.78, 5) is 4.73. The number of pyridine rings is 1. The highest BCUT2D eigenvalue weighted by molar-refractivity contribution is 6.10. The quantitative estimate of drug-likeness (QED) is 0.108. The summed E-state index contributed by atoms with van der Waals surface area (Å²) in [6.45, 7) is 1.52. The number of aryl methyl sites for hydroxylation is 1. The zero-order chi connectivity index (χ0) is 51.2. The van der Waals surface area contributed by atoms with Crippen LogP contribution in [0.5, 0.6) is 11.5 Å². The van der Waals surface area contributed by atoms with E-state index in [1.165, 1.54) is 6.92 Å². The molecule has 0 bridgehead atoms. The maximum absolute atomic E-state index is 9.02. The van der Waals surface area contributed by atoms with Crippen LogP contribution in [0.3, 0.4) is 0 Å². The van der Waals surface area contributed by atoms with Crippen molar-refractivity contribution in [2.75, 3.05) is 0 Å². The fourth-order valence-corrected chi connectivity index (χ4v) is 8.01. The summed E-state index contributed by atoms with van der Waals surface area (Å²) in [6.07, 6.45) is 3.43. The molecule has 0 amide bonds. The number of hydrogen-bond donors (Lipinski definition) is 0. The van der Waals surface area contributed by atoms with Crippen LogP contribution in [0.1, 0.15) is 28.9 Å². The van der Waals surface area contributed by atoms with Crippen molar-refractivity contribution in [3.05, 3.63) is 224 Å². The lowest BCUT2D eigenvalue weighted by molar-refractivity contribution is -0.571. The molecule has 0 atom stereocenters. The van der Waals surface area contributed by atoms with Gasteiger partial charge in [-0.1, -0.05) is 152 Å². The first-order valence-corrected chi connectivity index (χ1v) is 19.6. The van der Waals surface area contributed by atoms with E-state index in [2.05, 4.69) is 36.7 Å². The predicted molar refractivity (Wildman–Crippen MR) is 248 cm³/mol. The van der Waals surface area contributed by atoms with Crippen molar-refractivity contribution >= 4 is 32.8 Å². The van der Waals surface area contributed by atoms with Crippen LogP contribution in [0, 0.1) is 6.33 Å². The number of imidazole rings is 1. The van der Waals surface area contributed by atoms with Gasteiger partial charge in [0.2, 0.25) is 0 Å². The number of ether oxygens (including phenoxy) is 1. The van der Waals surface area contributed by atoms with Crippen molar-refractivity contribution in [2.24, 2.45) is 0 Å². The Balaban J connectivity index is 1.07. The third-order valence-electron chi connectivity index (χ3n) is 10.8. The molecule has 0 aliphatic carbocycles. The second-order valence-corrected chi connectivity index (χ2v) is 14.3. The Labute approximate surface area is 371 Å². The van der Waals surface area contributed by atoms with E-state index in [1.807, 2.05) is 83.4 Å². The van der Waals surface area contributed by atoms with E-state index in [1.54, 1.807) is 51.7 Å². The molecule has 8 aromatic carbocycles. The van der Waals surface area contributed by atoms with Gasteiger partial charge in [0, 0.05) is 25.8 Å². The average molecular weight is 797 g/mol. The van der Waals surface area contributed by atoms with Crippen LogP contribution >= 0.6 is 0 Å². The third-order valence-corrected chi connectivity index (χ3v) is 10.8. The number of aromatic nitrogens is 4. The van der Waals surface area contributed by atoms with Crippen LogP contribution in [-0.2, 0) is 6.37 Å². The van der Waals surface area contributed by atoms with Crippen molar-refractivity contribution in [2.45, 2.75) is 13.3 Å². The Morgan fingerprint density at radius 3 is 2.08 bits per heavy atom. The van der Waals surface area contributed by atoms with E-state index in [9.17, 15) is 0 Å². The van der Waals surface area contributed by atoms with Gasteiger partial charge < -0.3 is 4.74 Å². The molecule has 0 fully saturated rings. The minimum atomic E-state index is -1.61. The molecule has 290 valence electrons. The van der Waals surface area contributed by atoms with Crippen LogP contribution in [-0.4, -0.2) is 14.1 Å². The Morgan fingerprint density at radius 2 is 1.31 bits per heavy atom. The lowest BCUT2D eigenvalue weighted by Crippen LogP contribution is -2.31. The van der Waals surface area contributed by atoms with Crippen molar-refractivity contribution < 1.29 is 25.8 Å². The second kappa shape index (κ2) is 15.3. The summed E-state index contributed by atoms with van der Waals surface area (Å²) in [6, 6.07) is 39.7. The van der Waals surface area contributed by atoms with Gasteiger partial charge >= 0.3 is 0 Å². The Hall–Kier alpha value is -8.02. The lowest BCUT2D eigenvalue weighted by atomic mass is 9.95. The first-order chi connectivity index (χ1) is 35.0. The van der Waals surface area contributed by atoms with Crippen molar-refractivity contribution in [1.82, 2.24) is 14.1 Å². The van der Waals surface area contributed by atoms with Crippen LogP contribution in [0.2, 0.25) is 0 Å². The number of fused-ring (bicyclic) bond motifs is 4. The topological polar surface area (TPSA) is 35.9 Å². The molecule has 5 nitrogen and oxygen atoms in total. The van der Waals surface area contributed by atoms with Gasteiger partial charge in [0.05, 0.1) is 47.1 Å². The third kappa shape index (κ3) is 6.53. The first-order valence-electron chi connectivity index (χ1n) is 25.6. The molecule has 0 aliphatic heterocycles. The molecule has 0 saturated carbocycles. The van der Waals surface area contributed by atoms with Crippen LogP contribution in [0.25, 0.3) is 83.4 Å². The highest BCUT2D eigenvalue weighted by Gasteiger charge is 2.20. The summed E-state index contributed by atoms with van der Waals surface area (Å²) in [5, 5.41) is 1.91. The highest BCUT2D eigenvalue weighted by atomic mass is 16.5. The normalized spacial score (nSPS) is 14.4. The molecule has 0 unspecified atom stereocenters. The molecule has 0 saturated heterocycles. The van der Waals surface area contributed by atoms with Crippen molar-refractivity contribution in [3.8, 4) is 62.1 Å². The molecule has 11 aromatic rings. The second-order valence-electron chi connectivity index (χ2n) is 14.3. The number of rotatable bonds is 9. The Morgan fingerprint density at radius 1 is 0.590 bits per heavy atom. The van der Waals surface area contributed by atoms with Gasteiger partial charge in [0.1, 0.15) is 17.3 Å². The summed E-state index contributed by atoms with van der Waals surface area (Å²) in [7, 11) is 0. The lowest BCUT2D eigenvalue weighted by Gasteiger charge is -2.17. The van der Waals surface area contributed by atoms with Gasteiger partial charge in [-0.05, 0) is 99.9 Å². The zero-order valence-electron chi connectivity index (χ0n) is 44.6. The van der Waals surface area contributed by atoms with Gasteiger partial charge in [-0.15, -0.1) is 0 Å². The van der Waals surface area contributed by atoms with E-state index in [0.717, 1.165) is 32.9 Å². The molecule has 0 N–H and O–H groups in total. The monoisotopic (exact) mass is 796 g/mol. The van der Waals surface area contributed by atoms with Gasteiger partial charge in [-0.25, -0.2) is 4.98 Å². The van der Waals surface area contributed by atoms with E-state index in [4.69, 9.17) is 26.2 Å². The van der Waals surface area contributed by atoms with E-state index in [0.29, 0.717) is 39.6 Å². The summed E-state index contributed by atoms with van der Waals surface area (Å²) < 4.78 is 116. The number of para-hydroxylation sites is 3. The van der Waals surface area contributed by atoms with Gasteiger partial charge in [-0.3, -0.25) is 13.7 Å². The minimum Gasteiger partial charge on any atom is -0.458 e.